The van der Waals surface area contributed by atoms with Crippen molar-refractivity contribution in [3.8, 4) is 0 Å². The quantitative estimate of drug-likeness (QED) is 0.537. The number of benzene rings is 2. The lowest BCUT2D eigenvalue weighted by molar-refractivity contribution is -0.122. The zero-order valence-corrected chi connectivity index (χ0v) is 17.0. The summed E-state index contributed by atoms with van der Waals surface area (Å²) in [6.45, 7) is 1.92. The number of aromatic nitrogens is 3. The van der Waals surface area contributed by atoms with Crippen molar-refractivity contribution in [2.75, 3.05) is 4.90 Å². The molecule has 7 heteroatoms. The van der Waals surface area contributed by atoms with E-state index in [1.54, 1.807) is 23.4 Å². The van der Waals surface area contributed by atoms with Crippen molar-refractivity contribution in [3.05, 3.63) is 94.2 Å². The van der Waals surface area contributed by atoms with E-state index in [0.717, 1.165) is 27.9 Å². The van der Waals surface area contributed by atoms with Crippen LogP contribution in [0.4, 0.5) is 11.4 Å². The van der Waals surface area contributed by atoms with E-state index < -0.39 is 5.54 Å². The van der Waals surface area contributed by atoms with Crippen LogP contribution in [0, 0.1) is 0 Å². The molecule has 0 bridgehead atoms. The zero-order valence-electron chi connectivity index (χ0n) is 17.0. The number of rotatable bonds is 4. The van der Waals surface area contributed by atoms with E-state index in [1.165, 1.54) is 0 Å². The molecule has 5 rings (SSSR count). The molecular weight excluding hydrogens is 390 g/mol. The summed E-state index contributed by atoms with van der Waals surface area (Å²) in [6, 6.07) is 16.9. The van der Waals surface area contributed by atoms with Crippen LogP contribution in [0.3, 0.4) is 0 Å². The standard InChI is InChI=1S/C24H21N5O2/c1-2-24(25)19-9-5-6-10-21(19)29(23(24)31)16-11-15(13-26-14-16)12-20-17-7-3-4-8-18(17)22(30)28-27-20/h3-11,13-14H,2,12,25H2,1H3,(H,28,30). The van der Waals surface area contributed by atoms with Gasteiger partial charge in [0.25, 0.3) is 11.5 Å². The van der Waals surface area contributed by atoms with Crippen LogP contribution in [0.5, 0.6) is 0 Å². The molecule has 7 nitrogen and oxygen atoms in total. The first-order valence-corrected chi connectivity index (χ1v) is 10.2. The highest BCUT2D eigenvalue weighted by Crippen LogP contribution is 2.44. The number of pyridine rings is 1. The first kappa shape index (κ1) is 19.1. The largest absolute Gasteiger partial charge is 0.314 e. The number of para-hydroxylation sites is 1. The Bertz CT molecular complexity index is 1380. The molecule has 0 aliphatic carbocycles. The molecule has 1 amide bonds. The predicted octanol–water partition coefficient (Wildman–Crippen LogP) is 3.15. The highest BCUT2D eigenvalue weighted by molar-refractivity contribution is 6.12. The number of fused-ring (bicyclic) bond motifs is 2. The predicted molar refractivity (Wildman–Crippen MR) is 119 cm³/mol. The lowest BCUT2D eigenvalue weighted by atomic mass is 9.90. The molecule has 0 fully saturated rings. The molecule has 1 unspecified atom stereocenters. The number of hydrogen-bond donors (Lipinski definition) is 2. The van der Waals surface area contributed by atoms with Gasteiger partial charge in [0.2, 0.25) is 0 Å². The molecular formula is C24H21N5O2. The number of amides is 1. The Morgan fingerprint density at radius 1 is 1.03 bits per heavy atom. The fourth-order valence-corrected chi connectivity index (χ4v) is 4.26. The average Bonchev–Trinajstić information content (AvgIpc) is 3.03. The summed E-state index contributed by atoms with van der Waals surface area (Å²) in [6.07, 6.45) is 4.37. The molecule has 1 aliphatic rings. The first-order valence-electron chi connectivity index (χ1n) is 10.2. The van der Waals surface area contributed by atoms with Crippen LogP contribution in [-0.2, 0) is 16.8 Å². The van der Waals surface area contributed by atoms with Gasteiger partial charge >= 0.3 is 0 Å². The second kappa shape index (κ2) is 7.14. The van der Waals surface area contributed by atoms with Crippen LogP contribution in [0.15, 0.2) is 71.8 Å². The van der Waals surface area contributed by atoms with Crippen LogP contribution >= 0.6 is 0 Å². The van der Waals surface area contributed by atoms with Gasteiger partial charge in [0, 0.05) is 23.6 Å². The van der Waals surface area contributed by atoms with E-state index in [-0.39, 0.29) is 11.5 Å². The number of nitrogens with one attached hydrogen (secondary N) is 1. The van der Waals surface area contributed by atoms with Gasteiger partial charge in [0.15, 0.2) is 0 Å². The fourth-order valence-electron chi connectivity index (χ4n) is 4.26. The number of nitrogens with zero attached hydrogens (tertiary/aromatic N) is 3. The van der Waals surface area contributed by atoms with Crippen LogP contribution in [0.2, 0.25) is 0 Å². The molecule has 2 aromatic heterocycles. The van der Waals surface area contributed by atoms with Gasteiger partial charge < -0.3 is 5.73 Å². The molecule has 3 N–H and O–H groups in total. The van der Waals surface area contributed by atoms with Crippen LogP contribution in [0.1, 0.15) is 30.2 Å². The summed E-state index contributed by atoms with van der Waals surface area (Å²) in [5.74, 6) is -0.164. The zero-order chi connectivity index (χ0) is 21.6. The van der Waals surface area contributed by atoms with E-state index in [9.17, 15) is 9.59 Å². The molecule has 154 valence electrons. The van der Waals surface area contributed by atoms with E-state index in [2.05, 4.69) is 15.2 Å². The SMILES string of the molecule is CCC1(N)C(=O)N(c2cncc(Cc3n[nH]c(=O)c4ccccc34)c2)c2ccccc21. The Morgan fingerprint density at radius 2 is 1.77 bits per heavy atom. The average molecular weight is 411 g/mol. The summed E-state index contributed by atoms with van der Waals surface area (Å²) in [5, 5.41) is 8.21. The molecule has 3 heterocycles. The van der Waals surface area contributed by atoms with Crippen LogP contribution in [-0.4, -0.2) is 21.1 Å². The number of carbonyl (C=O) groups is 1. The fraction of sp³-hybridized carbons (Fsp3) is 0.167. The summed E-state index contributed by atoms with van der Waals surface area (Å²) >= 11 is 0. The third-order valence-electron chi connectivity index (χ3n) is 5.95. The number of hydrogen-bond acceptors (Lipinski definition) is 5. The van der Waals surface area contributed by atoms with Crippen molar-refractivity contribution in [2.24, 2.45) is 5.73 Å². The Hall–Kier alpha value is -3.84. The molecule has 1 atom stereocenters. The van der Waals surface area contributed by atoms with Crippen molar-refractivity contribution >= 4 is 28.1 Å². The second-order valence-electron chi connectivity index (χ2n) is 7.76. The Kier molecular flexibility index (Phi) is 4.41. The monoisotopic (exact) mass is 411 g/mol. The summed E-state index contributed by atoms with van der Waals surface area (Å²) in [4.78, 5) is 31.4. The van der Waals surface area contributed by atoms with Gasteiger partial charge in [-0.05, 0) is 30.2 Å². The van der Waals surface area contributed by atoms with Crippen molar-refractivity contribution < 1.29 is 4.79 Å². The maximum atomic E-state index is 13.3. The maximum Gasteiger partial charge on any atom is 0.272 e. The van der Waals surface area contributed by atoms with Gasteiger partial charge in [-0.2, -0.15) is 5.10 Å². The Morgan fingerprint density at radius 3 is 2.58 bits per heavy atom. The van der Waals surface area contributed by atoms with Crippen LogP contribution in [0.25, 0.3) is 10.8 Å². The number of nitrogens with two attached hydrogens (primary N) is 1. The topological polar surface area (TPSA) is 105 Å². The van der Waals surface area contributed by atoms with Crippen molar-refractivity contribution in [3.63, 3.8) is 0 Å². The summed E-state index contributed by atoms with van der Waals surface area (Å²) < 4.78 is 0. The molecule has 0 spiro atoms. The van der Waals surface area contributed by atoms with Crippen molar-refractivity contribution in [1.29, 1.82) is 0 Å². The minimum absolute atomic E-state index is 0.164. The maximum absolute atomic E-state index is 13.3. The third-order valence-corrected chi connectivity index (χ3v) is 5.95. The highest BCUT2D eigenvalue weighted by atomic mass is 16.2. The molecule has 4 aromatic rings. The minimum Gasteiger partial charge on any atom is -0.314 e. The van der Waals surface area contributed by atoms with E-state index in [0.29, 0.717) is 23.9 Å². The number of anilines is 2. The van der Waals surface area contributed by atoms with Crippen molar-refractivity contribution in [2.45, 2.75) is 25.3 Å². The van der Waals surface area contributed by atoms with Gasteiger partial charge in [-0.25, -0.2) is 5.10 Å². The molecule has 2 aromatic carbocycles. The van der Waals surface area contributed by atoms with E-state index in [1.807, 2.05) is 55.5 Å². The molecule has 1 aliphatic heterocycles. The molecule has 0 saturated heterocycles. The summed E-state index contributed by atoms with van der Waals surface area (Å²) in [7, 11) is 0. The lowest BCUT2D eigenvalue weighted by Crippen LogP contribution is -2.45. The van der Waals surface area contributed by atoms with E-state index in [4.69, 9.17) is 5.73 Å². The Labute approximate surface area is 178 Å². The number of aromatic amines is 1. The minimum atomic E-state index is -1.05. The van der Waals surface area contributed by atoms with E-state index >= 15 is 0 Å². The van der Waals surface area contributed by atoms with Gasteiger partial charge in [-0.3, -0.25) is 19.5 Å². The molecule has 0 saturated carbocycles. The van der Waals surface area contributed by atoms with Gasteiger partial charge in [0.1, 0.15) is 5.54 Å². The molecule has 0 radical (unpaired) electrons. The van der Waals surface area contributed by atoms with Gasteiger partial charge in [-0.15, -0.1) is 0 Å². The normalized spacial score (nSPS) is 17.9. The summed E-state index contributed by atoms with van der Waals surface area (Å²) in [5.41, 5.74) is 9.13. The number of H-pyrrole nitrogens is 1. The highest BCUT2D eigenvalue weighted by Gasteiger charge is 2.47. The van der Waals surface area contributed by atoms with Crippen molar-refractivity contribution in [1.82, 2.24) is 15.2 Å². The van der Waals surface area contributed by atoms with Crippen LogP contribution < -0.4 is 16.2 Å². The smallest absolute Gasteiger partial charge is 0.272 e. The molecule has 31 heavy (non-hydrogen) atoms. The second-order valence-corrected chi connectivity index (χ2v) is 7.76. The lowest BCUT2D eigenvalue weighted by Gasteiger charge is -2.23. The Balaban J connectivity index is 1.56. The number of carbonyl (C=O) groups excluding carboxylic acids is 1. The first-order chi connectivity index (χ1) is 15.0. The third kappa shape index (κ3) is 2.93. The van der Waals surface area contributed by atoms with Gasteiger partial charge in [-0.1, -0.05) is 43.3 Å². The van der Waals surface area contributed by atoms with Gasteiger partial charge in [0.05, 0.1) is 28.7 Å².